The predicted octanol–water partition coefficient (Wildman–Crippen LogP) is 0.477. The van der Waals surface area contributed by atoms with Crippen LogP contribution in [0.5, 0.6) is 0 Å². The van der Waals surface area contributed by atoms with Gasteiger partial charge in [-0.05, 0) is 12.1 Å². The van der Waals surface area contributed by atoms with Crippen LogP contribution in [0.3, 0.4) is 0 Å². The van der Waals surface area contributed by atoms with Gasteiger partial charge in [-0.15, -0.1) is 0 Å². The van der Waals surface area contributed by atoms with E-state index in [1.54, 1.807) is 0 Å². The first-order valence-corrected chi connectivity index (χ1v) is 8.14. The van der Waals surface area contributed by atoms with Crippen LogP contribution in [0, 0.1) is 0 Å². The summed E-state index contributed by atoms with van der Waals surface area (Å²) in [5.41, 5.74) is 0. The summed E-state index contributed by atoms with van der Waals surface area (Å²) in [4.78, 5) is 7.49. The second-order valence-electron chi connectivity index (χ2n) is 4.38. The lowest BCUT2D eigenvalue weighted by Gasteiger charge is -2.13. The Kier molecular flexibility index (Phi) is 7.23. The molecule has 0 fully saturated rings. The van der Waals surface area contributed by atoms with E-state index in [-0.39, 0.29) is 30.5 Å². The Balaban J connectivity index is 2.33. The number of hydrogen-bond donors (Lipinski definition) is 3. The average molecular weight is 353 g/mol. The summed E-state index contributed by atoms with van der Waals surface area (Å²) in [6, 6.07) is 2.90. The third kappa shape index (κ3) is 7.79. The van der Waals surface area contributed by atoms with Crippen molar-refractivity contribution in [1.82, 2.24) is 20.3 Å². The van der Waals surface area contributed by atoms with Gasteiger partial charge in [0.1, 0.15) is 4.90 Å². The van der Waals surface area contributed by atoms with Gasteiger partial charge in [0.05, 0.1) is 6.42 Å². The molecule has 0 aliphatic heterocycles. The number of rotatable bonds is 7. The average Bonchev–Trinajstić information content (AvgIpc) is 2.49. The fourth-order valence-corrected chi connectivity index (χ4v) is 2.49. The Morgan fingerprint density at radius 2 is 1.96 bits per heavy atom. The van der Waals surface area contributed by atoms with E-state index in [4.69, 9.17) is 0 Å². The summed E-state index contributed by atoms with van der Waals surface area (Å²) in [6.45, 7) is -0.118. The van der Waals surface area contributed by atoms with Crippen molar-refractivity contribution in [2.24, 2.45) is 4.99 Å². The van der Waals surface area contributed by atoms with E-state index in [1.807, 2.05) is 0 Å². The zero-order chi connectivity index (χ0) is 17.3. The molecular weight excluding hydrogens is 335 g/mol. The van der Waals surface area contributed by atoms with Gasteiger partial charge < -0.3 is 10.6 Å². The van der Waals surface area contributed by atoms with Crippen LogP contribution in [0.25, 0.3) is 0 Å². The van der Waals surface area contributed by atoms with Gasteiger partial charge in [0.25, 0.3) is 0 Å². The lowest BCUT2D eigenvalue weighted by Crippen LogP contribution is -2.42. The van der Waals surface area contributed by atoms with Crippen molar-refractivity contribution in [2.75, 3.05) is 26.7 Å². The van der Waals surface area contributed by atoms with Crippen LogP contribution < -0.4 is 15.4 Å². The van der Waals surface area contributed by atoms with Crippen molar-refractivity contribution in [3.05, 3.63) is 24.5 Å². The maximum absolute atomic E-state index is 12.0. The summed E-state index contributed by atoms with van der Waals surface area (Å²) in [5.74, 6) is 0.162. The first-order valence-electron chi connectivity index (χ1n) is 6.65. The molecule has 0 bridgehead atoms. The first kappa shape index (κ1) is 19.2. The minimum atomic E-state index is -4.24. The molecule has 1 aromatic rings. The van der Waals surface area contributed by atoms with E-state index in [1.165, 1.54) is 31.6 Å². The number of aliphatic imine (C=N–C) groups is 1. The number of sulfonamides is 1. The molecule has 0 aliphatic carbocycles. The van der Waals surface area contributed by atoms with Gasteiger partial charge in [0.15, 0.2) is 5.96 Å². The van der Waals surface area contributed by atoms with Gasteiger partial charge in [0.2, 0.25) is 10.0 Å². The Bertz CT molecular complexity index is 605. The molecule has 1 rings (SSSR count). The standard InChI is InChI=1S/C12H18F3N5O2S/c1-16-11(18-6-4-12(13,14)15)19-7-8-20-23(21,22)10-3-2-5-17-9-10/h2-3,5,9,20H,4,6-8H2,1H3,(H2,16,18,19). The second kappa shape index (κ2) is 8.67. The number of halogens is 3. The van der Waals surface area contributed by atoms with Crippen molar-refractivity contribution in [3.63, 3.8) is 0 Å². The summed E-state index contributed by atoms with van der Waals surface area (Å²) in [6.07, 6.45) is -2.56. The van der Waals surface area contributed by atoms with E-state index in [2.05, 4.69) is 25.3 Å². The molecule has 3 N–H and O–H groups in total. The van der Waals surface area contributed by atoms with E-state index >= 15 is 0 Å². The maximum atomic E-state index is 12.0. The fraction of sp³-hybridized carbons (Fsp3) is 0.500. The molecule has 0 spiro atoms. The Hall–Kier alpha value is -1.88. The van der Waals surface area contributed by atoms with Crippen LogP contribution >= 0.6 is 0 Å². The molecule has 11 heteroatoms. The molecule has 0 radical (unpaired) electrons. The van der Waals surface area contributed by atoms with E-state index in [0.29, 0.717) is 0 Å². The summed E-state index contributed by atoms with van der Waals surface area (Å²) < 4.78 is 62.2. The number of aromatic nitrogens is 1. The van der Waals surface area contributed by atoms with Crippen molar-refractivity contribution < 1.29 is 21.6 Å². The highest BCUT2D eigenvalue weighted by molar-refractivity contribution is 7.89. The highest BCUT2D eigenvalue weighted by Gasteiger charge is 2.26. The second-order valence-corrected chi connectivity index (χ2v) is 6.14. The van der Waals surface area contributed by atoms with Gasteiger partial charge in [-0.25, -0.2) is 13.1 Å². The molecule has 7 nitrogen and oxygen atoms in total. The van der Waals surface area contributed by atoms with Crippen molar-refractivity contribution in [2.45, 2.75) is 17.5 Å². The zero-order valence-corrected chi connectivity index (χ0v) is 13.2. The normalized spacial score (nSPS) is 13.0. The van der Waals surface area contributed by atoms with Crippen LogP contribution in [0.1, 0.15) is 6.42 Å². The van der Waals surface area contributed by atoms with Crippen molar-refractivity contribution in [1.29, 1.82) is 0 Å². The van der Waals surface area contributed by atoms with E-state index in [0.717, 1.165) is 0 Å². The van der Waals surface area contributed by atoms with Crippen LogP contribution in [0.15, 0.2) is 34.4 Å². The molecule has 0 amide bonds. The first-order chi connectivity index (χ1) is 10.7. The molecule has 0 aromatic carbocycles. The van der Waals surface area contributed by atoms with Crippen LogP contribution in [-0.2, 0) is 10.0 Å². The minimum absolute atomic E-state index is 0.0349. The van der Waals surface area contributed by atoms with Crippen molar-refractivity contribution in [3.8, 4) is 0 Å². The third-order valence-corrected chi connectivity index (χ3v) is 4.03. The summed E-state index contributed by atoms with van der Waals surface area (Å²) in [7, 11) is -2.26. The molecule has 0 saturated heterocycles. The molecular formula is C12H18F3N5O2S. The summed E-state index contributed by atoms with van der Waals surface area (Å²) in [5, 5.41) is 5.20. The molecule has 1 heterocycles. The maximum Gasteiger partial charge on any atom is 0.390 e. The predicted molar refractivity (Wildman–Crippen MR) is 79.5 cm³/mol. The monoisotopic (exact) mass is 353 g/mol. The molecule has 130 valence electrons. The number of pyridine rings is 1. The van der Waals surface area contributed by atoms with Gasteiger partial charge in [-0.2, -0.15) is 13.2 Å². The van der Waals surface area contributed by atoms with Gasteiger partial charge in [-0.3, -0.25) is 9.98 Å². The SMILES string of the molecule is CN=C(NCCNS(=O)(=O)c1cccnc1)NCCC(F)(F)F. The van der Waals surface area contributed by atoms with Gasteiger partial charge >= 0.3 is 6.18 Å². The largest absolute Gasteiger partial charge is 0.390 e. The van der Waals surface area contributed by atoms with E-state index in [9.17, 15) is 21.6 Å². The molecule has 23 heavy (non-hydrogen) atoms. The highest BCUT2D eigenvalue weighted by Crippen LogP contribution is 2.17. The number of nitrogens with one attached hydrogen (secondary N) is 3. The van der Waals surface area contributed by atoms with Gasteiger partial charge in [0, 0.05) is 39.1 Å². The zero-order valence-electron chi connectivity index (χ0n) is 12.4. The minimum Gasteiger partial charge on any atom is -0.356 e. The smallest absolute Gasteiger partial charge is 0.356 e. The highest BCUT2D eigenvalue weighted by atomic mass is 32.2. The number of guanidine groups is 1. The van der Waals surface area contributed by atoms with Crippen molar-refractivity contribution >= 4 is 16.0 Å². The summed E-state index contributed by atoms with van der Waals surface area (Å²) >= 11 is 0. The van der Waals surface area contributed by atoms with Crippen LogP contribution in [-0.4, -0.2) is 52.2 Å². The van der Waals surface area contributed by atoms with E-state index < -0.39 is 22.6 Å². The molecule has 0 unspecified atom stereocenters. The molecule has 0 saturated carbocycles. The molecule has 0 atom stereocenters. The number of nitrogens with zero attached hydrogens (tertiary/aromatic N) is 2. The Morgan fingerprint density at radius 3 is 2.52 bits per heavy atom. The number of alkyl halides is 3. The van der Waals surface area contributed by atoms with Gasteiger partial charge in [-0.1, -0.05) is 0 Å². The topological polar surface area (TPSA) is 95.5 Å². The van der Waals surface area contributed by atoms with Crippen LogP contribution in [0.2, 0.25) is 0 Å². The lowest BCUT2D eigenvalue weighted by molar-refractivity contribution is -0.132. The fourth-order valence-electron chi connectivity index (χ4n) is 1.50. The molecule has 1 aromatic heterocycles. The lowest BCUT2D eigenvalue weighted by atomic mass is 10.4. The Labute approximate surface area is 132 Å². The van der Waals surface area contributed by atoms with Crippen LogP contribution in [0.4, 0.5) is 13.2 Å². The quantitative estimate of drug-likeness (QED) is 0.376. The number of hydrogen-bond acceptors (Lipinski definition) is 4. The Morgan fingerprint density at radius 1 is 1.26 bits per heavy atom. The molecule has 0 aliphatic rings. The third-order valence-electron chi connectivity index (χ3n) is 2.58.